The molecule has 0 radical (unpaired) electrons. The number of imidazole rings is 1. The molecule has 0 bridgehead atoms. The fraction of sp³-hybridized carbons (Fsp3) is 0.474. The maximum Gasteiger partial charge on any atom is 0.193 e. The first-order valence-corrected chi connectivity index (χ1v) is 9.20. The number of nitrogens with one attached hydrogen (secondary N) is 1. The number of rotatable bonds is 8. The molecule has 2 aromatic rings. The lowest BCUT2D eigenvalue weighted by Gasteiger charge is -2.22. The molecule has 1 aromatic heterocycles. The Morgan fingerprint density at radius 1 is 1.31 bits per heavy atom. The van der Waals surface area contributed by atoms with Crippen molar-refractivity contribution < 1.29 is 0 Å². The van der Waals surface area contributed by atoms with Gasteiger partial charge in [0.25, 0.3) is 0 Å². The van der Waals surface area contributed by atoms with Gasteiger partial charge in [-0.3, -0.25) is 4.99 Å². The van der Waals surface area contributed by atoms with Crippen LogP contribution in [0.2, 0.25) is 5.02 Å². The zero-order valence-electron chi connectivity index (χ0n) is 15.8. The predicted molar refractivity (Wildman–Crippen MR) is 121 cm³/mol. The van der Waals surface area contributed by atoms with Gasteiger partial charge in [0.2, 0.25) is 0 Å². The van der Waals surface area contributed by atoms with E-state index >= 15 is 0 Å². The van der Waals surface area contributed by atoms with Crippen molar-refractivity contribution >= 4 is 41.5 Å². The number of benzene rings is 1. The molecular formula is C19H29ClIN5. The molecule has 0 spiro atoms. The summed E-state index contributed by atoms with van der Waals surface area (Å²) in [4.78, 5) is 11.1. The molecule has 1 heterocycles. The number of guanidine groups is 1. The average molecular weight is 490 g/mol. The Hall–Kier alpha value is -1.28. The first-order valence-electron chi connectivity index (χ1n) is 8.82. The standard InChI is InChI=1S/C19H28ClN5.HI/c1-4-21-19(24(3)15-17-9-5-6-10-18(17)20)23-11-7-8-13-25-14-12-22-16(25)2;/h5-6,9-10,12,14H,4,7-8,11,13,15H2,1-3H3,(H,21,23);1H. The molecule has 0 saturated carbocycles. The Labute approximate surface area is 178 Å². The second-order valence-corrected chi connectivity index (χ2v) is 6.47. The first-order chi connectivity index (χ1) is 12.1. The third-order valence-electron chi connectivity index (χ3n) is 4.05. The molecule has 1 N–H and O–H groups in total. The van der Waals surface area contributed by atoms with Gasteiger partial charge in [-0.25, -0.2) is 4.98 Å². The highest BCUT2D eigenvalue weighted by Gasteiger charge is 2.08. The third-order valence-corrected chi connectivity index (χ3v) is 4.42. The summed E-state index contributed by atoms with van der Waals surface area (Å²) in [7, 11) is 2.04. The van der Waals surface area contributed by atoms with Crippen LogP contribution in [0.5, 0.6) is 0 Å². The summed E-state index contributed by atoms with van der Waals surface area (Å²) in [6, 6.07) is 7.94. The SMILES string of the molecule is CCNC(=NCCCCn1ccnc1C)N(C)Cc1ccccc1Cl.I. The number of hydrogen-bond acceptors (Lipinski definition) is 2. The molecule has 0 aliphatic carbocycles. The molecule has 0 atom stereocenters. The Morgan fingerprint density at radius 3 is 2.73 bits per heavy atom. The highest BCUT2D eigenvalue weighted by molar-refractivity contribution is 14.0. The molecule has 2 rings (SSSR count). The van der Waals surface area contributed by atoms with E-state index in [0.29, 0.717) is 0 Å². The summed E-state index contributed by atoms with van der Waals surface area (Å²) in [5, 5.41) is 4.15. The van der Waals surface area contributed by atoms with Gasteiger partial charge in [-0.15, -0.1) is 24.0 Å². The van der Waals surface area contributed by atoms with Crippen LogP contribution in [0, 0.1) is 6.92 Å². The van der Waals surface area contributed by atoms with Gasteiger partial charge in [0, 0.05) is 50.6 Å². The topological polar surface area (TPSA) is 45.5 Å². The van der Waals surface area contributed by atoms with E-state index in [4.69, 9.17) is 16.6 Å². The van der Waals surface area contributed by atoms with Crippen LogP contribution in [0.1, 0.15) is 31.2 Å². The fourth-order valence-corrected chi connectivity index (χ4v) is 2.84. The molecule has 1 aromatic carbocycles. The maximum atomic E-state index is 6.26. The summed E-state index contributed by atoms with van der Waals surface area (Å²) < 4.78 is 2.18. The van der Waals surface area contributed by atoms with Crippen LogP contribution in [0.15, 0.2) is 41.7 Å². The Bertz CT molecular complexity index is 686. The zero-order chi connectivity index (χ0) is 18.1. The van der Waals surface area contributed by atoms with Gasteiger partial charge >= 0.3 is 0 Å². The van der Waals surface area contributed by atoms with Gasteiger partial charge in [0.1, 0.15) is 5.82 Å². The fourth-order valence-electron chi connectivity index (χ4n) is 2.65. The number of nitrogens with zero attached hydrogens (tertiary/aromatic N) is 4. The largest absolute Gasteiger partial charge is 0.357 e. The van der Waals surface area contributed by atoms with Crippen LogP contribution < -0.4 is 5.32 Å². The van der Waals surface area contributed by atoms with E-state index in [-0.39, 0.29) is 24.0 Å². The molecule has 5 nitrogen and oxygen atoms in total. The van der Waals surface area contributed by atoms with E-state index in [1.54, 1.807) is 0 Å². The Kier molecular flexibility index (Phi) is 10.7. The number of unbranched alkanes of at least 4 members (excludes halogenated alkanes) is 1. The smallest absolute Gasteiger partial charge is 0.193 e. The molecule has 0 fully saturated rings. The van der Waals surface area contributed by atoms with Crippen LogP contribution >= 0.6 is 35.6 Å². The minimum absolute atomic E-state index is 0. The predicted octanol–water partition coefficient (Wildman–Crippen LogP) is 4.34. The second kappa shape index (κ2) is 12.2. The number of aliphatic imine (C=N–C) groups is 1. The normalized spacial score (nSPS) is 11.2. The molecule has 26 heavy (non-hydrogen) atoms. The number of hydrogen-bond donors (Lipinski definition) is 1. The average Bonchev–Trinajstić information content (AvgIpc) is 3.00. The Morgan fingerprint density at radius 2 is 2.08 bits per heavy atom. The first kappa shape index (κ1) is 22.8. The summed E-state index contributed by atoms with van der Waals surface area (Å²) >= 11 is 6.26. The van der Waals surface area contributed by atoms with Gasteiger partial charge in [-0.1, -0.05) is 29.8 Å². The van der Waals surface area contributed by atoms with E-state index in [9.17, 15) is 0 Å². The molecular weight excluding hydrogens is 461 g/mol. The van der Waals surface area contributed by atoms with Crippen molar-refractivity contribution in [1.29, 1.82) is 0 Å². The van der Waals surface area contributed by atoms with E-state index in [1.165, 1.54) is 0 Å². The van der Waals surface area contributed by atoms with Crippen molar-refractivity contribution in [2.45, 2.75) is 39.8 Å². The quantitative estimate of drug-likeness (QED) is 0.260. The van der Waals surface area contributed by atoms with Gasteiger partial charge in [0.15, 0.2) is 5.96 Å². The molecule has 0 amide bonds. The van der Waals surface area contributed by atoms with Crippen molar-refractivity contribution in [3.63, 3.8) is 0 Å². The minimum Gasteiger partial charge on any atom is -0.357 e. The number of halogens is 2. The molecule has 144 valence electrons. The summed E-state index contributed by atoms with van der Waals surface area (Å²) in [6.07, 6.45) is 6.02. The number of aromatic nitrogens is 2. The lowest BCUT2D eigenvalue weighted by molar-refractivity contribution is 0.475. The summed E-state index contributed by atoms with van der Waals surface area (Å²) in [5.41, 5.74) is 1.10. The van der Waals surface area contributed by atoms with Crippen LogP contribution in [0.25, 0.3) is 0 Å². The van der Waals surface area contributed by atoms with Crippen molar-refractivity contribution in [1.82, 2.24) is 19.8 Å². The van der Waals surface area contributed by atoms with E-state index in [2.05, 4.69) is 32.8 Å². The van der Waals surface area contributed by atoms with Crippen molar-refractivity contribution in [3.05, 3.63) is 53.1 Å². The Balaban J connectivity index is 0.00000338. The van der Waals surface area contributed by atoms with Crippen molar-refractivity contribution in [2.24, 2.45) is 4.99 Å². The van der Waals surface area contributed by atoms with Crippen molar-refractivity contribution in [3.8, 4) is 0 Å². The van der Waals surface area contributed by atoms with Crippen LogP contribution in [-0.2, 0) is 13.1 Å². The summed E-state index contributed by atoms with van der Waals surface area (Å²) in [6.45, 7) is 7.50. The third kappa shape index (κ3) is 7.15. The lowest BCUT2D eigenvalue weighted by Crippen LogP contribution is -2.38. The monoisotopic (exact) mass is 489 g/mol. The molecule has 0 aliphatic heterocycles. The molecule has 7 heteroatoms. The van der Waals surface area contributed by atoms with Crippen LogP contribution in [0.4, 0.5) is 0 Å². The van der Waals surface area contributed by atoms with Gasteiger partial charge in [-0.2, -0.15) is 0 Å². The number of aryl methyl sites for hydroxylation is 2. The zero-order valence-corrected chi connectivity index (χ0v) is 18.9. The van der Waals surface area contributed by atoms with Crippen LogP contribution in [0.3, 0.4) is 0 Å². The van der Waals surface area contributed by atoms with E-state index < -0.39 is 0 Å². The van der Waals surface area contributed by atoms with E-state index in [1.807, 2.05) is 44.6 Å². The minimum atomic E-state index is 0. The van der Waals surface area contributed by atoms with Crippen LogP contribution in [-0.4, -0.2) is 40.5 Å². The van der Waals surface area contributed by atoms with Gasteiger partial charge in [-0.05, 0) is 38.3 Å². The molecule has 0 saturated heterocycles. The second-order valence-electron chi connectivity index (χ2n) is 6.06. The lowest BCUT2D eigenvalue weighted by atomic mass is 10.2. The van der Waals surface area contributed by atoms with Gasteiger partial charge < -0.3 is 14.8 Å². The maximum absolute atomic E-state index is 6.26. The summed E-state index contributed by atoms with van der Waals surface area (Å²) in [5.74, 6) is 1.98. The highest BCUT2D eigenvalue weighted by Crippen LogP contribution is 2.16. The molecule has 0 unspecified atom stereocenters. The van der Waals surface area contributed by atoms with E-state index in [0.717, 1.165) is 61.4 Å². The van der Waals surface area contributed by atoms with Crippen molar-refractivity contribution in [2.75, 3.05) is 20.1 Å². The van der Waals surface area contributed by atoms with Gasteiger partial charge in [0.05, 0.1) is 0 Å². The molecule has 0 aliphatic rings. The highest BCUT2D eigenvalue weighted by atomic mass is 127.